The standard InChI is InChI=1S/C12H15NO3/c14-5-1-4-13-11(15)9-7-2-3-8(6-7)10(9)12(13)16/h2-3,7-10,14H,1,4-6H2/t7-,8+,9-,10-/m0/s1. The Labute approximate surface area is 93.9 Å². The number of carbonyl (C=O) groups excluding carboxylic acids is 2. The van der Waals surface area contributed by atoms with Gasteiger partial charge in [0.15, 0.2) is 0 Å². The van der Waals surface area contributed by atoms with Crippen molar-refractivity contribution in [1.82, 2.24) is 4.90 Å². The summed E-state index contributed by atoms with van der Waals surface area (Å²) in [6.45, 7) is 0.401. The Morgan fingerprint density at radius 3 is 2.25 bits per heavy atom. The second-order valence-corrected chi connectivity index (χ2v) is 4.91. The molecule has 16 heavy (non-hydrogen) atoms. The highest BCUT2D eigenvalue weighted by Crippen LogP contribution is 2.52. The zero-order valence-corrected chi connectivity index (χ0v) is 9.00. The molecule has 86 valence electrons. The van der Waals surface area contributed by atoms with Gasteiger partial charge in [0.2, 0.25) is 11.8 Å². The molecular formula is C12H15NO3. The molecule has 0 unspecified atom stereocenters. The summed E-state index contributed by atoms with van der Waals surface area (Å²) in [5, 5.41) is 8.76. The number of aliphatic hydroxyl groups is 1. The summed E-state index contributed by atoms with van der Waals surface area (Å²) in [7, 11) is 0. The summed E-state index contributed by atoms with van der Waals surface area (Å²) in [6.07, 6.45) is 5.64. The van der Waals surface area contributed by atoms with Gasteiger partial charge < -0.3 is 5.11 Å². The van der Waals surface area contributed by atoms with Gasteiger partial charge in [0.25, 0.3) is 0 Å². The van der Waals surface area contributed by atoms with E-state index in [2.05, 4.69) is 12.2 Å². The predicted octanol–water partition coefficient (Wildman–Crippen LogP) is 0.176. The predicted molar refractivity (Wildman–Crippen MR) is 56.1 cm³/mol. The number of aliphatic hydroxyl groups excluding tert-OH is 1. The fraction of sp³-hybridized carbons (Fsp3) is 0.667. The Balaban J connectivity index is 1.83. The molecule has 0 aromatic rings. The van der Waals surface area contributed by atoms with Gasteiger partial charge in [-0.25, -0.2) is 0 Å². The fourth-order valence-corrected chi connectivity index (χ4v) is 3.41. The first-order chi connectivity index (χ1) is 7.74. The molecule has 1 saturated carbocycles. The molecule has 4 heteroatoms. The minimum atomic E-state index is -0.0961. The number of carbonyl (C=O) groups is 2. The molecule has 1 aliphatic heterocycles. The van der Waals surface area contributed by atoms with Gasteiger partial charge in [-0.3, -0.25) is 14.5 Å². The minimum absolute atomic E-state index is 0.0136. The Bertz CT molecular complexity index is 346. The molecule has 2 bridgehead atoms. The van der Waals surface area contributed by atoms with E-state index in [1.54, 1.807) is 0 Å². The van der Waals surface area contributed by atoms with Crippen LogP contribution in [0, 0.1) is 23.7 Å². The van der Waals surface area contributed by atoms with Gasteiger partial charge >= 0.3 is 0 Å². The summed E-state index contributed by atoms with van der Waals surface area (Å²) >= 11 is 0. The van der Waals surface area contributed by atoms with Crippen LogP contribution in [0.5, 0.6) is 0 Å². The lowest BCUT2D eigenvalue weighted by atomic mass is 9.85. The smallest absolute Gasteiger partial charge is 0.233 e. The minimum Gasteiger partial charge on any atom is -0.396 e. The van der Waals surface area contributed by atoms with Gasteiger partial charge in [0.05, 0.1) is 11.8 Å². The van der Waals surface area contributed by atoms with Crippen LogP contribution in [0.4, 0.5) is 0 Å². The molecule has 1 heterocycles. The highest BCUT2D eigenvalue weighted by molar-refractivity contribution is 6.06. The van der Waals surface area contributed by atoms with Gasteiger partial charge in [-0.1, -0.05) is 12.2 Å². The molecule has 2 fully saturated rings. The summed E-state index contributed by atoms with van der Waals surface area (Å²) in [5.74, 6) is 0.346. The molecule has 0 radical (unpaired) electrons. The van der Waals surface area contributed by atoms with Crippen molar-refractivity contribution >= 4 is 11.8 Å². The highest BCUT2D eigenvalue weighted by atomic mass is 16.3. The van der Waals surface area contributed by atoms with E-state index < -0.39 is 0 Å². The lowest BCUT2D eigenvalue weighted by molar-refractivity contribution is -0.140. The molecule has 2 aliphatic carbocycles. The molecule has 0 spiro atoms. The van der Waals surface area contributed by atoms with Crippen LogP contribution in [0.3, 0.4) is 0 Å². The molecule has 4 nitrogen and oxygen atoms in total. The molecule has 0 aromatic carbocycles. The molecule has 2 amide bonds. The maximum absolute atomic E-state index is 12.1. The number of allylic oxidation sites excluding steroid dienone is 2. The maximum atomic E-state index is 12.1. The van der Waals surface area contributed by atoms with E-state index in [0.29, 0.717) is 13.0 Å². The van der Waals surface area contributed by atoms with Crippen molar-refractivity contribution in [1.29, 1.82) is 0 Å². The van der Waals surface area contributed by atoms with Crippen LogP contribution in [0.2, 0.25) is 0 Å². The Hall–Kier alpha value is -1.16. The van der Waals surface area contributed by atoms with E-state index in [1.807, 2.05) is 0 Å². The molecule has 0 aromatic heterocycles. The molecule has 3 aliphatic rings. The second kappa shape index (κ2) is 3.42. The first kappa shape index (κ1) is 10.0. The Kier molecular flexibility index (Phi) is 2.14. The zero-order valence-electron chi connectivity index (χ0n) is 9.00. The molecule has 1 saturated heterocycles. The third-order valence-electron chi connectivity index (χ3n) is 4.10. The second-order valence-electron chi connectivity index (χ2n) is 4.91. The largest absolute Gasteiger partial charge is 0.396 e. The molecular weight excluding hydrogens is 206 g/mol. The van der Waals surface area contributed by atoms with Crippen LogP contribution in [0.1, 0.15) is 12.8 Å². The van der Waals surface area contributed by atoms with E-state index in [9.17, 15) is 9.59 Å². The molecule has 4 atom stereocenters. The van der Waals surface area contributed by atoms with Crippen molar-refractivity contribution in [3.8, 4) is 0 Å². The van der Waals surface area contributed by atoms with E-state index in [-0.39, 0.29) is 42.1 Å². The van der Waals surface area contributed by atoms with Crippen molar-refractivity contribution in [3.63, 3.8) is 0 Å². The Morgan fingerprint density at radius 1 is 1.19 bits per heavy atom. The van der Waals surface area contributed by atoms with Gasteiger partial charge in [-0.2, -0.15) is 0 Å². The number of fused-ring (bicyclic) bond motifs is 5. The summed E-state index contributed by atoms with van der Waals surface area (Å²) in [4.78, 5) is 25.5. The van der Waals surface area contributed by atoms with Crippen LogP contribution in [0.15, 0.2) is 12.2 Å². The van der Waals surface area contributed by atoms with Crippen LogP contribution in [-0.2, 0) is 9.59 Å². The monoisotopic (exact) mass is 221 g/mol. The third kappa shape index (κ3) is 1.13. The normalized spacial score (nSPS) is 39.9. The number of hydrogen-bond donors (Lipinski definition) is 1. The summed E-state index contributed by atoms with van der Waals surface area (Å²) < 4.78 is 0. The summed E-state index contributed by atoms with van der Waals surface area (Å²) in [6, 6.07) is 0. The van der Waals surface area contributed by atoms with Crippen molar-refractivity contribution < 1.29 is 14.7 Å². The van der Waals surface area contributed by atoms with Crippen molar-refractivity contribution in [3.05, 3.63) is 12.2 Å². The van der Waals surface area contributed by atoms with Crippen LogP contribution >= 0.6 is 0 Å². The van der Waals surface area contributed by atoms with Gasteiger partial charge in [0, 0.05) is 13.2 Å². The van der Waals surface area contributed by atoms with Crippen molar-refractivity contribution in [2.24, 2.45) is 23.7 Å². The number of likely N-dealkylation sites (tertiary alicyclic amines) is 1. The maximum Gasteiger partial charge on any atom is 0.233 e. The van der Waals surface area contributed by atoms with Crippen LogP contribution in [-0.4, -0.2) is 35.0 Å². The Morgan fingerprint density at radius 2 is 1.75 bits per heavy atom. The van der Waals surface area contributed by atoms with Crippen molar-refractivity contribution in [2.75, 3.05) is 13.2 Å². The van der Waals surface area contributed by atoms with Crippen molar-refractivity contribution in [2.45, 2.75) is 12.8 Å². The summed E-state index contributed by atoms with van der Waals surface area (Å²) in [5.41, 5.74) is 0. The molecule has 1 N–H and O–H groups in total. The van der Waals surface area contributed by atoms with Crippen LogP contribution in [0.25, 0.3) is 0 Å². The van der Waals surface area contributed by atoms with Crippen LogP contribution < -0.4 is 0 Å². The average Bonchev–Trinajstić information content (AvgIpc) is 2.92. The number of imide groups is 1. The van der Waals surface area contributed by atoms with E-state index in [4.69, 9.17) is 5.11 Å². The number of hydrogen-bond acceptors (Lipinski definition) is 3. The quantitative estimate of drug-likeness (QED) is 0.546. The van der Waals surface area contributed by atoms with Gasteiger partial charge in [-0.05, 0) is 24.7 Å². The van der Waals surface area contributed by atoms with Gasteiger partial charge in [0.1, 0.15) is 0 Å². The van der Waals surface area contributed by atoms with Gasteiger partial charge in [-0.15, -0.1) is 0 Å². The van der Waals surface area contributed by atoms with E-state index in [1.165, 1.54) is 4.90 Å². The van der Waals surface area contributed by atoms with E-state index in [0.717, 1.165) is 6.42 Å². The lowest BCUT2D eigenvalue weighted by Crippen LogP contribution is -2.34. The first-order valence-electron chi connectivity index (χ1n) is 5.88. The fourth-order valence-electron chi connectivity index (χ4n) is 3.41. The number of amides is 2. The third-order valence-corrected chi connectivity index (χ3v) is 4.10. The van der Waals surface area contributed by atoms with E-state index >= 15 is 0 Å². The zero-order chi connectivity index (χ0) is 11.3. The highest BCUT2D eigenvalue weighted by Gasteiger charge is 2.58. The number of rotatable bonds is 3. The lowest BCUT2D eigenvalue weighted by Gasteiger charge is -2.16. The SMILES string of the molecule is O=C1[C@@H]2[C@@H](C(=O)N1CCCO)[C@H]1C=C[C@@H]2C1. The molecule has 3 rings (SSSR count). The number of nitrogens with zero attached hydrogens (tertiary/aromatic N) is 1. The first-order valence-corrected chi connectivity index (χ1v) is 5.88. The average molecular weight is 221 g/mol. The topological polar surface area (TPSA) is 57.6 Å².